The van der Waals surface area contributed by atoms with Crippen LogP contribution in [0, 0.1) is 0 Å². The van der Waals surface area contributed by atoms with Crippen LogP contribution in [-0.2, 0) is 19.4 Å². The maximum absolute atomic E-state index is 13.0. The Kier molecular flexibility index (Phi) is 6.35. The van der Waals surface area contributed by atoms with Crippen LogP contribution in [0.15, 0.2) is 29.2 Å². The van der Waals surface area contributed by atoms with E-state index >= 15 is 0 Å². The summed E-state index contributed by atoms with van der Waals surface area (Å²) in [5, 5.41) is 0.418. The van der Waals surface area contributed by atoms with Crippen molar-refractivity contribution in [3.63, 3.8) is 0 Å². The van der Waals surface area contributed by atoms with Gasteiger partial charge in [0.15, 0.2) is 9.84 Å². The molecule has 0 aromatic heterocycles. The van der Waals surface area contributed by atoms with E-state index in [4.69, 9.17) is 16.3 Å². The van der Waals surface area contributed by atoms with Crippen molar-refractivity contribution in [3.05, 3.63) is 29.3 Å². The van der Waals surface area contributed by atoms with E-state index in [-0.39, 0.29) is 31.1 Å². The van der Waals surface area contributed by atoms with E-state index in [2.05, 4.69) is 0 Å². The van der Waals surface area contributed by atoms with Crippen molar-refractivity contribution in [2.75, 3.05) is 26.2 Å². The van der Waals surface area contributed by atoms with Gasteiger partial charge in [0.2, 0.25) is 5.91 Å². The van der Waals surface area contributed by atoms with Gasteiger partial charge in [-0.3, -0.25) is 4.79 Å². The summed E-state index contributed by atoms with van der Waals surface area (Å²) in [7, 11) is -3.91. The van der Waals surface area contributed by atoms with Gasteiger partial charge in [0.25, 0.3) is 0 Å². The summed E-state index contributed by atoms with van der Waals surface area (Å²) >= 11 is 5.83. The lowest BCUT2D eigenvalue weighted by Crippen LogP contribution is -2.57. The monoisotopic (exact) mass is 430 g/mol. The normalized spacial score (nSPS) is 16.1. The average molecular weight is 431 g/mol. The first-order valence-electron chi connectivity index (χ1n) is 9.03. The first kappa shape index (κ1) is 22.5. The fourth-order valence-corrected chi connectivity index (χ4v) is 4.39. The van der Waals surface area contributed by atoms with E-state index < -0.39 is 32.2 Å². The van der Waals surface area contributed by atoms with Crippen LogP contribution in [0.4, 0.5) is 4.79 Å². The minimum absolute atomic E-state index is 0.0441. The molecule has 2 amide bonds. The fourth-order valence-electron chi connectivity index (χ4n) is 2.82. The highest BCUT2D eigenvalue weighted by molar-refractivity contribution is 7.93. The van der Waals surface area contributed by atoms with Crippen molar-refractivity contribution in [1.29, 1.82) is 0 Å². The number of rotatable bonds is 3. The van der Waals surface area contributed by atoms with E-state index in [1.165, 1.54) is 47.9 Å². The van der Waals surface area contributed by atoms with Gasteiger partial charge in [-0.1, -0.05) is 11.6 Å². The molecule has 0 bridgehead atoms. The van der Waals surface area contributed by atoms with Gasteiger partial charge < -0.3 is 14.5 Å². The van der Waals surface area contributed by atoms with E-state index in [1.54, 1.807) is 20.8 Å². The molecule has 28 heavy (non-hydrogen) atoms. The molecule has 156 valence electrons. The summed E-state index contributed by atoms with van der Waals surface area (Å²) in [6, 6.07) is 5.75. The number of carbonyl (C=O) groups is 2. The molecule has 1 aromatic rings. The van der Waals surface area contributed by atoms with Crippen LogP contribution in [0.1, 0.15) is 34.6 Å². The maximum atomic E-state index is 13.0. The fraction of sp³-hybridized carbons (Fsp3) is 0.579. The van der Waals surface area contributed by atoms with Crippen molar-refractivity contribution in [1.82, 2.24) is 9.80 Å². The van der Waals surface area contributed by atoms with Gasteiger partial charge in [-0.25, -0.2) is 13.2 Å². The van der Waals surface area contributed by atoms with Crippen LogP contribution >= 0.6 is 11.6 Å². The molecule has 1 aliphatic heterocycles. The summed E-state index contributed by atoms with van der Waals surface area (Å²) in [6.07, 6.45) is -0.437. The molecule has 0 atom stereocenters. The number of amides is 2. The topological polar surface area (TPSA) is 84.0 Å². The first-order chi connectivity index (χ1) is 12.8. The predicted molar refractivity (Wildman–Crippen MR) is 107 cm³/mol. The van der Waals surface area contributed by atoms with Crippen LogP contribution < -0.4 is 0 Å². The van der Waals surface area contributed by atoms with E-state index in [1.807, 2.05) is 0 Å². The van der Waals surface area contributed by atoms with Crippen molar-refractivity contribution < 1.29 is 22.7 Å². The Hall–Kier alpha value is -1.80. The predicted octanol–water partition coefficient (Wildman–Crippen LogP) is 2.97. The summed E-state index contributed by atoms with van der Waals surface area (Å²) in [6.45, 7) is 9.24. The Morgan fingerprint density at radius 2 is 1.39 bits per heavy atom. The molecule has 1 aromatic carbocycles. The van der Waals surface area contributed by atoms with Crippen LogP contribution in [0.2, 0.25) is 5.02 Å². The second-order valence-electron chi connectivity index (χ2n) is 8.23. The molecule has 1 saturated heterocycles. The quantitative estimate of drug-likeness (QED) is 0.736. The Morgan fingerprint density at radius 1 is 0.929 bits per heavy atom. The zero-order valence-electron chi connectivity index (χ0n) is 16.9. The largest absolute Gasteiger partial charge is 0.444 e. The third-order valence-corrected chi connectivity index (χ3v) is 7.19. The number of piperazine rings is 1. The summed E-state index contributed by atoms with van der Waals surface area (Å²) < 4.78 is 29.7. The molecule has 0 N–H and O–H groups in total. The van der Waals surface area contributed by atoms with Crippen molar-refractivity contribution in [3.8, 4) is 0 Å². The standard InChI is InChI=1S/C19H27ClN2O5S/c1-18(2,3)27-17(24)22-12-10-21(11-13-22)16(23)19(4,5)28(25,26)15-8-6-14(20)7-9-15/h6-9H,10-13H2,1-5H3. The molecule has 7 nitrogen and oxygen atoms in total. The lowest BCUT2D eigenvalue weighted by Gasteiger charge is -2.38. The molecule has 0 saturated carbocycles. The maximum Gasteiger partial charge on any atom is 0.410 e. The highest BCUT2D eigenvalue weighted by atomic mass is 35.5. The van der Waals surface area contributed by atoms with Crippen LogP contribution in [0.25, 0.3) is 0 Å². The average Bonchev–Trinajstić information content (AvgIpc) is 2.60. The second-order valence-corrected chi connectivity index (χ2v) is 11.2. The van der Waals surface area contributed by atoms with Gasteiger partial charge in [-0.2, -0.15) is 0 Å². The van der Waals surface area contributed by atoms with Gasteiger partial charge in [0.05, 0.1) is 4.90 Å². The number of hydrogen-bond donors (Lipinski definition) is 0. The second kappa shape index (κ2) is 7.91. The zero-order valence-corrected chi connectivity index (χ0v) is 18.4. The molecule has 1 heterocycles. The number of sulfone groups is 1. The minimum atomic E-state index is -3.91. The number of hydrogen-bond acceptors (Lipinski definition) is 5. The van der Waals surface area contributed by atoms with E-state index in [9.17, 15) is 18.0 Å². The molecule has 9 heteroatoms. The van der Waals surface area contributed by atoms with E-state index in [0.29, 0.717) is 5.02 Å². The molecule has 2 rings (SSSR count). The van der Waals surface area contributed by atoms with Crippen molar-refractivity contribution >= 4 is 33.4 Å². The highest BCUT2D eigenvalue weighted by Crippen LogP contribution is 2.29. The number of ether oxygens (including phenoxy) is 1. The minimum Gasteiger partial charge on any atom is -0.444 e. The number of nitrogens with zero attached hydrogens (tertiary/aromatic N) is 2. The number of benzene rings is 1. The van der Waals surface area contributed by atoms with Crippen LogP contribution in [0.3, 0.4) is 0 Å². The summed E-state index contributed by atoms with van der Waals surface area (Å²) in [5.41, 5.74) is -0.599. The molecule has 0 spiro atoms. The molecular weight excluding hydrogens is 404 g/mol. The van der Waals surface area contributed by atoms with Gasteiger partial charge in [-0.05, 0) is 58.9 Å². The Morgan fingerprint density at radius 3 is 1.86 bits per heavy atom. The van der Waals surface area contributed by atoms with Gasteiger partial charge in [0.1, 0.15) is 10.3 Å². The summed E-state index contributed by atoms with van der Waals surface area (Å²) in [5.74, 6) is -0.494. The first-order valence-corrected chi connectivity index (χ1v) is 10.9. The van der Waals surface area contributed by atoms with Gasteiger partial charge >= 0.3 is 6.09 Å². The summed E-state index contributed by atoms with van der Waals surface area (Å²) in [4.78, 5) is 28.2. The zero-order chi connectivity index (χ0) is 21.3. The number of halogens is 1. The third-order valence-electron chi connectivity index (χ3n) is 4.53. The van der Waals surface area contributed by atoms with Gasteiger partial charge in [-0.15, -0.1) is 0 Å². The third kappa shape index (κ3) is 4.78. The molecule has 1 aliphatic rings. The van der Waals surface area contributed by atoms with Crippen LogP contribution in [-0.4, -0.2) is 66.7 Å². The number of carbonyl (C=O) groups excluding carboxylic acids is 2. The molecular formula is C19H27ClN2O5S. The molecule has 0 unspecified atom stereocenters. The van der Waals surface area contributed by atoms with Crippen LogP contribution in [0.5, 0.6) is 0 Å². The molecule has 0 radical (unpaired) electrons. The SMILES string of the molecule is CC(C)(C)OC(=O)N1CCN(C(=O)C(C)(C)S(=O)(=O)c2ccc(Cl)cc2)CC1. The lowest BCUT2D eigenvalue weighted by molar-refractivity contribution is -0.134. The van der Waals surface area contributed by atoms with Crippen molar-refractivity contribution in [2.45, 2.75) is 49.9 Å². The lowest BCUT2D eigenvalue weighted by atomic mass is 10.1. The van der Waals surface area contributed by atoms with Crippen molar-refractivity contribution in [2.24, 2.45) is 0 Å². The highest BCUT2D eigenvalue weighted by Gasteiger charge is 2.45. The Balaban J connectivity index is 2.09. The molecule has 0 aliphatic carbocycles. The van der Waals surface area contributed by atoms with E-state index in [0.717, 1.165) is 0 Å². The smallest absolute Gasteiger partial charge is 0.410 e. The Bertz CT molecular complexity index is 836. The molecule has 1 fully saturated rings. The Labute approximate surface area is 171 Å². The van der Waals surface area contributed by atoms with Gasteiger partial charge in [0, 0.05) is 31.2 Å².